The standard InChI is InChI=1S/6C4H11P.2Pd/c6*1-4(2,3)5;;/h6*5H2,1-3H3;;. The molecule has 0 aliphatic heterocycles. The number of rotatable bonds is 0. The molecule has 6 unspecified atom stereocenters. The third kappa shape index (κ3) is 2410. The van der Waals surface area contributed by atoms with Gasteiger partial charge >= 0.3 is 0 Å². The van der Waals surface area contributed by atoms with Gasteiger partial charge in [-0.15, -0.1) is 55.4 Å². The largest absolute Gasteiger partial charge is 0.132 e. The van der Waals surface area contributed by atoms with Crippen molar-refractivity contribution in [2.24, 2.45) is 0 Å². The summed E-state index contributed by atoms with van der Waals surface area (Å²) in [6, 6.07) is 0. The first kappa shape index (κ1) is 56.2. The van der Waals surface area contributed by atoms with Crippen molar-refractivity contribution in [2.45, 2.75) is 156 Å². The van der Waals surface area contributed by atoms with Crippen LogP contribution in [0.25, 0.3) is 0 Å². The van der Waals surface area contributed by atoms with Gasteiger partial charge in [-0.05, 0) is 30.9 Å². The van der Waals surface area contributed by atoms with Gasteiger partial charge < -0.3 is 0 Å². The van der Waals surface area contributed by atoms with Crippen LogP contribution in [0.1, 0.15) is 125 Å². The summed E-state index contributed by atoms with van der Waals surface area (Å²) in [7, 11) is 16.3. The second kappa shape index (κ2) is 25.2. The Morgan fingerprint density at radius 1 is 0.219 bits per heavy atom. The Morgan fingerprint density at radius 3 is 0.219 bits per heavy atom. The smallest absolute Gasteiger partial charge is 0 e. The van der Waals surface area contributed by atoms with Crippen LogP contribution in [-0.4, -0.2) is 30.9 Å². The van der Waals surface area contributed by atoms with E-state index in [1.54, 1.807) is 0 Å². The molecule has 6 atom stereocenters. The first-order valence-electron chi connectivity index (χ1n) is 10.7. The molecule has 32 heavy (non-hydrogen) atoms. The van der Waals surface area contributed by atoms with Crippen molar-refractivity contribution >= 4 is 55.4 Å². The van der Waals surface area contributed by atoms with Crippen molar-refractivity contribution in [1.29, 1.82) is 0 Å². The summed E-state index contributed by atoms with van der Waals surface area (Å²) in [5.41, 5.74) is 0. The first-order valence-corrected chi connectivity index (χ1v) is 14.2. The predicted octanol–water partition coefficient (Wildman–Crippen LogP) is 9.95. The summed E-state index contributed by atoms with van der Waals surface area (Å²) >= 11 is 0. The van der Waals surface area contributed by atoms with Gasteiger partial charge in [-0.1, -0.05) is 125 Å². The van der Waals surface area contributed by atoms with Crippen LogP contribution in [0.15, 0.2) is 0 Å². The Labute approximate surface area is 250 Å². The van der Waals surface area contributed by atoms with Gasteiger partial charge in [0.1, 0.15) is 0 Å². The Morgan fingerprint density at radius 2 is 0.219 bits per heavy atom. The zero-order valence-corrected chi connectivity index (χ0v) is 35.1. The number of hydrogen-bond donors (Lipinski definition) is 0. The van der Waals surface area contributed by atoms with Gasteiger partial charge in [0, 0.05) is 40.8 Å². The van der Waals surface area contributed by atoms with Gasteiger partial charge in [-0.3, -0.25) is 0 Å². The van der Waals surface area contributed by atoms with E-state index in [0.717, 1.165) is 0 Å². The monoisotopic (exact) mass is 752 g/mol. The Kier molecular flexibility index (Phi) is 44.2. The van der Waals surface area contributed by atoms with Gasteiger partial charge in [-0.25, -0.2) is 0 Å². The van der Waals surface area contributed by atoms with Gasteiger partial charge in [0.25, 0.3) is 0 Å². The summed E-state index contributed by atoms with van der Waals surface area (Å²) in [6.07, 6.45) is 0. The molecule has 0 radical (unpaired) electrons. The molecule has 0 N–H and O–H groups in total. The van der Waals surface area contributed by atoms with Gasteiger partial charge in [0.2, 0.25) is 0 Å². The molecule has 0 bridgehead atoms. The van der Waals surface area contributed by atoms with E-state index in [4.69, 9.17) is 0 Å². The molecule has 0 saturated heterocycles. The van der Waals surface area contributed by atoms with Crippen molar-refractivity contribution < 1.29 is 40.8 Å². The van der Waals surface area contributed by atoms with Crippen LogP contribution in [0, 0.1) is 0 Å². The topological polar surface area (TPSA) is 0 Å². The molecule has 0 fully saturated rings. The van der Waals surface area contributed by atoms with Gasteiger partial charge in [-0.2, -0.15) is 0 Å². The van der Waals surface area contributed by atoms with E-state index in [0.29, 0.717) is 30.9 Å². The molecule has 0 heterocycles. The minimum Gasteiger partial charge on any atom is -0.132 e. The van der Waals surface area contributed by atoms with Crippen molar-refractivity contribution in [3.8, 4) is 0 Å². The Balaban J connectivity index is -0.0000000356. The fraction of sp³-hybridized carbons (Fsp3) is 1.00. The molecular weight excluding hydrogens is 687 g/mol. The average Bonchev–Trinajstić information content (AvgIpc) is 1.94. The van der Waals surface area contributed by atoms with E-state index in [1.165, 1.54) is 0 Å². The maximum Gasteiger partial charge on any atom is 0 e. The van der Waals surface area contributed by atoms with Crippen molar-refractivity contribution in [3.63, 3.8) is 0 Å². The second-order valence-electron chi connectivity index (χ2n) is 14.2. The molecule has 0 aromatic rings. The van der Waals surface area contributed by atoms with Crippen LogP contribution in [0.3, 0.4) is 0 Å². The van der Waals surface area contributed by atoms with Crippen LogP contribution in [-0.2, 0) is 40.8 Å². The van der Waals surface area contributed by atoms with E-state index in [1.807, 2.05) is 0 Å². The van der Waals surface area contributed by atoms with E-state index < -0.39 is 0 Å². The van der Waals surface area contributed by atoms with Crippen LogP contribution in [0.2, 0.25) is 0 Å². The van der Waals surface area contributed by atoms with E-state index in [9.17, 15) is 0 Å². The average molecular weight is 753 g/mol. The van der Waals surface area contributed by atoms with Gasteiger partial charge in [0.15, 0.2) is 0 Å². The van der Waals surface area contributed by atoms with Crippen molar-refractivity contribution in [1.82, 2.24) is 0 Å². The summed E-state index contributed by atoms with van der Waals surface area (Å²) < 4.78 is 0. The Hall–Kier alpha value is 3.90. The van der Waals surface area contributed by atoms with Crippen LogP contribution >= 0.6 is 55.4 Å². The summed E-state index contributed by atoms with van der Waals surface area (Å²) in [6.45, 7) is 38.7. The minimum absolute atomic E-state index is 0. The van der Waals surface area contributed by atoms with Crippen molar-refractivity contribution in [3.05, 3.63) is 0 Å². The summed E-state index contributed by atoms with van der Waals surface area (Å²) in [4.78, 5) is 0. The fourth-order valence-corrected chi connectivity index (χ4v) is 0. The van der Waals surface area contributed by atoms with Crippen molar-refractivity contribution in [2.75, 3.05) is 0 Å². The Bertz CT molecular complexity index is 219. The third-order valence-corrected chi connectivity index (χ3v) is 0. The molecule has 0 aliphatic rings. The SMILES string of the molecule is CC(C)(C)P.CC(C)(C)P.CC(C)(C)P.CC(C)(C)P.CC(C)(C)P.CC(C)(C)P.[Pd].[Pd]. The molecule has 0 rings (SSSR count). The molecule has 8 heteroatoms. The predicted molar refractivity (Wildman–Crippen MR) is 177 cm³/mol. The molecule has 0 aromatic heterocycles. The zero-order valence-electron chi connectivity index (χ0n) is 25.1. The fourth-order valence-electron chi connectivity index (χ4n) is 0. The summed E-state index contributed by atoms with van der Waals surface area (Å²) in [5, 5.41) is 2.50. The maximum absolute atomic E-state index is 2.72. The number of hydrogen-bond acceptors (Lipinski definition) is 0. The molecule has 212 valence electrons. The van der Waals surface area contributed by atoms with E-state index in [-0.39, 0.29) is 40.8 Å². The molecule has 0 amide bonds. The van der Waals surface area contributed by atoms with Gasteiger partial charge in [0.05, 0.1) is 0 Å². The van der Waals surface area contributed by atoms with Crippen LogP contribution in [0.4, 0.5) is 0 Å². The van der Waals surface area contributed by atoms with Crippen LogP contribution < -0.4 is 0 Å². The van der Waals surface area contributed by atoms with Crippen LogP contribution in [0.5, 0.6) is 0 Å². The van der Waals surface area contributed by atoms with E-state index in [2.05, 4.69) is 180 Å². The first-order chi connectivity index (χ1) is 12.0. The molecule has 0 nitrogen and oxygen atoms in total. The second-order valence-corrected chi connectivity index (χ2v) is 24.6. The van der Waals surface area contributed by atoms with E-state index >= 15 is 0 Å². The normalized spacial score (nSPS) is 11.2. The molecule has 0 spiro atoms. The summed E-state index contributed by atoms with van der Waals surface area (Å²) in [5.74, 6) is 0. The molecule has 0 aliphatic carbocycles. The quantitative estimate of drug-likeness (QED) is 0.171. The molecule has 0 aromatic carbocycles. The molecule has 0 saturated carbocycles. The zero-order chi connectivity index (χ0) is 27.0. The maximum atomic E-state index is 2.72. The third-order valence-electron chi connectivity index (χ3n) is 0. The minimum atomic E-state index is 0. The molecular formula is C24H66P6Pd2.